The van der Waals surface area contributed by atoms with Crippen molar-refractivity contribution in [2.24, 2.45) is 5.73 Å². The SMILES string of the molecule is CCOc1ccc(NS(=O)(=O)c2cc(NC(=O)C(C)(C)N)ccc2C)cc1. The van der Waals surface area contributed by atoms with Crippen LogP contribution >= 0.6 is 0 Å². The highest BCUT2D eigenvalue weighted by Gasteiger charge is 2.23. The van der Waals surface area contributed by atoms with E-state index in [2.05, 4.69) is 10.0 Å². The van der Waals surface area contributed by atoms with Gasteiger partial charge in [0.15, 0.2) is 0 Å². The number of sulfonamides is 1. The largest absolute Gasteiger partial charge is 0.494 e. The van der Waals surface area contributed by atoms with E-state index in [-0.39, 0.29) is 4.90 Å². The van der Waals surface area contributed by atoms with Gasteiger partial charge in [0.05, 0.1) is 17.0 Å². The Morgan fingerprint density at radius 2 is 1.70 bits per heavy atom. The number of nitrogens with one attached hydrogen (secondary N) is 2. The number of carbonyl (C=O) groups is 1. The molecule has 1 amide bonds. The normalized spacial score (nSPS) is 11.7. The second-order valence-corrected chi connectivity index (χ2v) is 8.37. The van der Waals surface area contributed by atoms with Crippen LogP contribution in [0.15, 0.2) is 47.4 Å². The Bertz CT molecular complexity index is 917. The van der Waals surface area contributed by atoms with Crippen molar-refractivity contribution in [3.8, 4) is 5.75 Å². The molecule has 0 saturated carbocycles. The molecule has 0 bridgehead atoms. The Labute approximate surface area is 160 Å². The van der Waals surface area contributed by atoms with E-state index in [1.807, 2.05) is 6.92 Å². The molecule has 0 aliphatic rings. The van der Waals surface area contributed by atoms with Crippen LogP contribution in [0.5, 0.6) is 5.75 Å². The van der Waals surface area contributed by atoms with Crippen molar-refractivity contribution in [2.75, 3.05) is 16.6 Å². The molecular weight excluding hydrogens is 366 g/mol. The summed E-state index contributed by atoms with van der Waals surface area (Å²) in [7, 11) is -3.84. The molecule has 146 valence electrons. The minimum Gasteiger partial charge on any atom is -0.494 e. The monoisotopic (exact) mass is 391 g/mol. The molecule has 0 unspecified atom stereocenters. The van der Waals surface area contributed by atoms with Crippen molar-refractivity contribution in [2.45, 2.75) is 38.1 Å². The number of rotatable bonds is 7. The number of ether oxygens (including phenoxy) is 1. The fourth-order valence-corrected chi connectivity index (χ4v) is 3.59. The summed E-state index contributed by atoms with van der Waals surface area (Å²) in [6, 6.07) is 11.3. The zero-order chi connectivity index (χ0) is 20.2. The van der Waals surface area contributed by atoms with Crippen LogP contribution in [0.25, 0.3) is 0 Å². The van der Waals surface area contributed by atoms with Gasteiger partial charge in [-0.1, -0.05) is 6.07 Å². The van der Waals surface area contributed by atoms with Crippen LogP contribution in [0.1, 0.15) is 26.3 Å². The first-order valence-corrected chi connectivity index (χ1v) is 9.98. The van der Waals surface area contributed by atoms with Crippen LogP contribution in [-0.4, -0.2) is 26.5 Å². The minimum absolute atomic E-state index is 0.0732. The lowest BCUT2D eigenvalue weighted by Crippen LogP contribution is -2.45. The number of hydrogen-bond donors (Lipinski definition) is 3. The molecule has 2 rings (SSSR count). The van der Waals surface area contributed by atoms with Crippen molar-refractivity contribution in [3.63, 3.8) is 0 Å². The summed E-state index contributed by atoms with van der Waals surface area (Å²) in [4.78, 5) is 12.1. The van der Waals surface area contributed by atoms with Crippen LogP contribution in [0.2, 0.25) is 0 Å². The first-order chi connectivity index (χ1) is 12.5. The van der Waals surface area contributed by atoms with Crippen LogP contribution in [0.4, 0.5) is 11.4 Å². The van der Waals surface area contributed by atoms with Gasteiger partial charge < -0.3 is 15.8 Å². The predicted molar refractivity (Wildman–Crippen MR) is 106 cm³/mol. The summed E-state index contributed by atoms with van der Waals surface area (Å²) in [5, 5.41) is 2.63. The summed E-state index contributed by atoms with van der Waals surface area (Å²) in [5.74, 6) is 0.250. The Morgan fingerprint density at radius 1 is 1.11 bits per heavy atom. The molecule has 0 fully saturated rings. The zero-order valence-corrected chi connectivity index (χ0v) is 16.7. The van der Waals surface area contributed by atoms with E-state index in [0.717, 1.165) is 0 Å². The number of carbonyl (C=O) groups excluding carboxylic acids is 1. The van der Waals surface area contributed by atoms with Gasteiger partial charge in [0.1, 0.15) is 5.75 Å². The maximum absolute atomic E-state index is 12.8. The maximum Gasteiger partial charge on any atom is 0.262 e. The highest BCUT2D eigenvalue weighted by molar-refractivity contribution is 7.92. The third-order valence-electron chi connectivity index (χ3n) is 3.74. The summed E-state index contributed by atoms with van der Waals surface area (Å²) in [5.41, 5.74) is 6.01. The molecule has 27 heavy (non-hydrogen) atoms. The van der Waals surface area contributed by atoms with E-state index in [0.29, 0.717) is 29.3 Å². The van der Waals surface area contributed by atoms with Gasteiger partial charge in [0.2, 0.25) is 5.91 Å². The Kier molecular flexibility index (Phi) is 6.12. The van der Waals surface area contributed by atoms with Crippen LogP contribution in [-0.2, 0) is 14.8 Å². The van der Waals surface area contributed by atoms with Crippen LogP contribution in [0.3, 0.4) is 0 Å². The molecule has 8 heteroatoms. The second-order valence-electron chi connectivity index (χ2n) is 6.72. The molecule has 0 aromatic heterocycles. The molecule has 0 aliphatic carbocycles. The number of benzene rings is 2. The number of nitrogens with two attached hydrogens (primary N) is 1. The molecule has 0 atom stereocenters. The molecule has 2 aromatic carbocycles. The van der Waals surface area contributed by atoms with Gasteiger partial charge in [-0.3, -0.25) is 9.52 Å². The van der Waals surface area contributed by atoms with E-state index in [4.69, 9.17) is 10.5 Å². The average Bonchev–Trinajstić information content (AvgIpc) is 2.57. The summed E-state index contributed by atoms with van der Waals surface area (Å²) in [6.07, 6.45) is 0. The second kappa shape index (κ2) is 7.98. The molecule has 0 heterocycles. The van der Waals surface area contributed by atoms with Gasteiger partial charge in [-0.25, -0.2) is 8.42 Å². The van der Waals surface area contributed by atoms with Crippen molar-refractivity contribution < 1.29 is 17.9 Å². The molecule has 0 radical (unpaired) electrons. The maximum atomic E-state index is 12.8. The quantitative estimate of drug-likeness (QED) is 0.672. The highest BCUT2D eigenvalue weighted by Crippen LogP contribution is 2.24. The fourth-order valence-electron chi connectivity index (χ4n) is 2.26. The van der Waals surface area contributed by atoms with Gasteiger partial charge in [-0.2, -0.15) is 0 Å². The molecule has 0 aliphatic heterocycles. The van der Waals surface area contributed by atoms with E-state index in [1.54, 1.807) is 57.2 Å². The standard InChI is InChI=1S/C19H25N3O4S/c1-5-26-16-10-8-14(9-11-16)22-27(24,25)17-12-15(7-6-13(17)2)21-18(23)19(3,4)20/h6-12,22H,5,20H2,1-4H3,(H,21,23). The van der Waals surface area contributed by atoms with Crippen molar-refractivity contribution in [1.82, 2.24) is 0 Å². The van der Waals surface area contributed by atoms with Gasteiger partial charge in [-0.05, 0) is 69.7 Å². The van der Waals surface area contributed by atoms with Crippen LogP contribution < -0.4 is 20.5 Å². The lowest BCUT2D eigenvalue weighted by molar-refractivity contribution is -0.120. The topological polar surface area (TPSA) is 111 Å². The van der Waals surface area contributed by atoms with Gasteiger partial charge in [0.25, 0.3) is 10.0 Å². The summed E-state index contributed by atoms with van der Waals surface area (Å²) in [6.45, 7) is 7.23. The number of hydrogen-bond acceptors (Lipinski definition) is 5. The molecule has 2 aromatic rings. The lowest BCUT2D eigenvalue weighted by atomic mass is 10.1. The van der Waals surface area contributed by atoms with Crippen LogP contribution in [0, 0.1) is 6.92 Å². The van der Waals surface area contributed by atoms with Crippen molar-refractivity contribution >= 4 is 27.3 Å². The van der Waals surface area contributed by atoms with Gasteiger partial charge >= 0.3 is 0 Å². The smallest absolute Gasteiger partial charge is 0.262 e. The first kappa shape index (κ1) is 20.7. The Balaban J connectivity index is 2.26. The number of anilines is 2. The first-order valence-electron chi connectivity index (χ1n) is 8.49. The van der Waals surface area contributed by atoms with E-state index < -0.39 is 21.5 Å². The minimum atomic E-state index is -3.84. The van der Waals surface area contributed by atoms with E-state index >= 15 is 0 Å². The van der Waals surface area contributed by atoms with Crippen molar-refractivity contribution in [3.05, 3.63) is 48.0 Å². The molecule has 0 spiro atoms. The third kappa shape index (κ3) is 5.45. The fraction of sp³-hybridized carbons (Fsp3) is 0.316. The van der Waals surface area contributed by atoms with E-state index in [1.165, 1.54) is 6.07 Å². The zero-order valence-electron chi connectivity index (χ0n) is 15.9. The third-order valence-corrected chi connectivity index (χ3v) is 5.26. The molecule has 0 saturated heterocycles. The number of amides is 1. The molecular formula is C19H25N3O4S. The predicted octanol–water partition coefficient (Wildman–Crippen LogP) is 2.87. The molecule has 4 N–H and O–H groups in total. The highest BCUT2D eigenvalue weighted by atomic mass is 32.2. The average molecular weight is 391 g/mol. The lowest BCUT2D eigenvalue weighted by Gasteiger charge is -2.18. The van der Waals surface area contributed by atoms with Crippen molar-refractivity contribution in [1.29, 1.82) is 0 Å². The van der Waals surface area contributed by atoms with Gasteiger partial charge in [-0.15, -0.1) is 0 Å². The number of aryl methyl sites for hydroxylation is 1. The summed E-state index contributed by atoms with van der Waals surface area (Å²) >= 11 is 0. The summed E-state index contributed by atoms with van der Waals surface area (Å²) < 4.78 is 33.5. The van der Waals surface area contributed by atoms with Gasteiger partial charge in [0, 0.05) is 11.4 Å². The Morgan fingerprint density at radius 3 is 2.26 bits per heavy atom. The molecule has 7 nitrogen and oxygen atoms in total. The van der Waals surface area contributed by atoms with E-state index in [9.17, 15) is 13.2 Å². The Hall–Kier alpha value is -2.58.